The number of aryl methyl sites for hydroxylation is 1. The highest BCUT2D eigenvalue weighted by atomic mass is 15.3. The van der Waals surface area contributed by atoms with Gasteiger partial charge in [0.25, 0.3) is 0 Å². The average Bonchev–Trinajstić information content (AvgIpc) is 3.04. The molecule has 128 valence electrons. The van der Waals surface area contributed by atoms with Crippen molar-refractivity contribution in [3.8, 4) is 5.69 Å². The van der Waals surface area contributed by atoms with E-state index < -0.39 is 0 Å². The fraction of sp³-hybridized carbons (Fsp3) is 0.286. The summed E-state index contributed by atoms with van der Waals surface area (Å²) < 4.78 is 1.99. The zero-order valence-electron chi connectivity index (χ0n) is 14.7. The topological polar surface area (TPSA) is 24.3 Å². The van der Waals surface area contributed by atoms with Gasteiger partial charge in [-0.15, -0.1) is 0 Å². The monoisotopic (exact) mass is 332 g/mol. The van der Waals surface area contributed by atoms with Crippen LogP contribution >= 0.6 is 0 Å². The highest BCUT2D eigenvalue weighted by Gasteiger charge is 2.18. The number of nitrogens with zero attached hydrogens (tertiary/aromatic N) is 4. The van der Waals surface area contributed by atoms with Crippen molar-refractivity contribution in [3.05, 3.63) is 78.1 Å². The van der Waals surface area contributed by atoms with Crippen LogP contribution in [-0.2, 0) is 6.54 Å². The van der Waals surface area contributed by atoms with E-state index in [0.717, 1.165) is 44.1 Å². The molecule has 4 nitrogen and oxygen atoms in total. The molecule has 0 N–H and O–H groups in total. The Morgan fingerprint density at radius 1 is 0.800 bits per heavy atom. The molecule has 1 saturated heterocycles. The lowest BCUT2D eigenvalue weighted by Gasteiger charge is -2.36. The Bertz CT molecular complexity index is 802. The molecule has 1 aromatic heterocycles. The number of para-hydroxylation sites is 2. The molecule has 2 heterocycles. The zero-order chi connectivity index (χ0) is 17.1. The number of hydrogen-bond donors (Lipinski definition) is 0. The fourth-order valence-corrected chi connectivity index (χ4v) is 3.41. The average molecular weight is 332 g/mol. The molecular formula is C21H24N4. The lowest BCUT2D eigenvalue weighted by molar-refractivity contribution is 0.249. The van der Waals surface area contributed by atoms with Crippen molar-refractivity contribution in [3.63, 3.8) is 0 Å². The SMILES string of the molecule is Cc1nn(-c2ccccc2)cc1CN1CCN(c2ccccc2)CC1. The van der Waals surface area contributed by atoms with E-state index in [1.807, 2.05) is 10.7 Å². The first kappa shape index (κ1) is 15.9. The highest BCUT2D eigenvalue weighted by Crippen LogP contribution is 2.18. The van der Waals surface area contributed by atoms with Gasteiger partial charge in [-0.05, 0) is 31.2 Å². The van der Waals surface area contributed by atoms with Crippen molar-refractivity contribution in [2.45, 2.75) is 13.5 Å². The molecular weight excluding hydrogens is 308 g/mol. The summed E-state index contributed by atoms with van der Waals surface area (Å²) in [4.78, 5) is 5.00. The Balaban J connectivity index is 1.40. The molecule has 4 rings (SSSR count). The van der Waals surface area contributed by atoms with Crippen LogP contribution in [0.2, 0.25) is 0 Å². The molecule has 25 heavy (non-hydrogen) atoms. The smallest absolute Gasteiger partial charge is 0.0645 e. The Morgan fingerprint density at radius 2 is 1.40 bits per heavy atom. The molecule has 0 atom stereocenters. The van der Waals surface area contributed by atoms with Gasteiger partial charge in [-0.25, -0.2) is 4.68 Å². The van der Waals surface area contributed by atoms with Crippen molar-refractivity contribution in [1.29, 1.82) is 0 Å². The zero-order valence-corrected chi connectivity index (χ0v) is 14.7. The van der Waals surface area contributed by atoms with Crippen molar-refractivity contribution < 1.29 is 0 Å². The van der Waals surface area contributed by atoms with Crippen molar-refractivity contribution >= 4 is 5.69 Å². The van der Waals surface area contributed by atoms with Crippen LogP contribution in [0.1, 0.15) is 11.3 Å². The standard InChI is InChI=1S/C21H24N4/c1-18-19(17-25(22-18)21-10-6-3-7-11-21)16-23-12-14-24(15-13-23)20-8-4-2-5-9-20/h2-11,17H,12-16H2,1H3. The lowest BCUT2D eigenvalue weighted by atomic mass is 10.2. The van der Waals surface area contributed by atoms with Crippen LogP contribution in [0, 0.1) is 6.92 Å². The second-order valence-corrected chi connectivity index (χ2v) is 6.62. The number of rotatable bonds is 4. The van der Waals surface area contributed by atoms with Gasteiger partial charge in [-0.1, -0.05) is 36.4 Å². The summed E-state index contributed by atoms with van der Waals surface area (Å²) >= 11 is 0. The Kier molecular flexibility index (Phi) is 4.53. The van der Waals surface area contributed by atoms with Crippen LogP contribution in [0.4, 0.5) is 5.69 Å². The third-order valence-electron chi connectivity index (χ3n) is 4.91. The predicted octanol–water partition coefficient (Wildman–Crippen LogP) is 3.50. The Labute approximate surface area is 149 Å². The van der Waals surface area contributed by atoms with E-state index in [9.17, 15) is 0 Å². The van der Waals surface area contributed by atoms with E-state index in [-0.39, 0.29) is 0 Å². The highest BCUT2D eigenvalue weighted by molar-refractivity contribution is 5.46. The minimum atomic E-state index is 0.974. The molecule has 0 aliphatic carbocycles. The fourth-order valence-electron chi connectivity index (χ4n) is 3.41. The van der Waals surface area contributed by atoms with Crippen LogP contribution in [0.5, 0.6) is 0 Å². The van der Waals surface area contributed by atoms with Gasteiger partial charge in [-0.2, -0.15) is 5.10 Å². The van der Waals surface area contributed by atoms with Gasteiger partial charge >= 0.3 is 0 Å². The van der Waals surface area contributed by atoms with Crippen LogP contribution in [0.3, 0.4) is 0 Å². The number of piperazine rings is 1. The maximum absolute atomic E-state index is 4.69. The molecule has 0 amide bonds. The molecule has 0 spiro atoms. The van der Waals surface area contributed by atoms with Gasteiger partial charge < -0.3 is 4.90 Å². The molecule has 1 aliphatic heterocycles. The molecule has 0 radical (unpaired) electrons. The summed E-state index contributed by atoms with van der Waals surface area (Å²) in [7, 11) is 0. The minimum Gasteiger partial charge on any atom is -0.369 e. The van der Waals surface area contributed by atoms with Gasteiger partial charge in [0, 0.05) is 50.2 Å². The van der Waals surface area contributed by atoms with Crippen LogP contribution in [0.25, 0.3) is 5.69 Å². The molecule has 2 aromatic carbocycles. The molecule has 1 aliphatic rings. The maximum Gasteiger partial charge on any atom is 0.0645 e. The van der Waals surface area contributed by atoms with Gasteiger partial charge in [-0.3, -0.25) is 4.90 Å². The summed E-state index contributed by atoms with van der Waals surface area (Å²) in [5, 5.41) is 4.69. The molecule has 0 unspecified atom stereocenters. The normalized spacial score (nSPS) is 15.5. The second kappa shape index (κ2) is 7.11. The van der Waals surface area contributed by atoms with E-state index in [1.165, 1.54) is 11.3 Å². The molecule has 0 saturated carbocycles. The quantitative estimate of drug-likeness (QED) is 0.731. The second-order valence-electron chi connectivity index (χ2n) is 6.62. The van der Waals surface area contributed by atoms with E-state index in [0.29, 0.717) is 0 Å². The maximum atomic E-state index is 4.69. The summed E-state index contributed by atoms with van der Waals surface area (Å²) in [6.45, 7) is 7.41. The summed E-state index contributed by atoms with van der Waals surface area (Å²) in [5.41, 5.74) is 4.88. The first-order valence-corrected chi connectivity index (χ1v) is 8.92. The molecule has 1 fully saturated rings. The number of anilines is 1. The van der Waals surface area contributed by atoms with Crippen molar-refractivity contribution in [2.75, 3.05) is 31.1 Å². The van der Waals surface area contributed by atoms with Crippen molar-refractivity contribution in [2.24, 2.45) is 0 Å². The van der Waals surface area contributed by atoms with Gasteiger partial charge in [0.1, 0.15) is 0 Å². The van der Waals surface area contributed by atoms with E-state index in [1.54, 1.807) is 0 Å². The first-order valence-electron chi connectivity index (χ1n) is 8.92. The number of hydrogen-bond acceptors (Lipinski definition) is 3. The van der Waals surface area contributed by atoms with Crippen LogP contribution in [-0.4, -0.2) is 40.9 Å². The third kappa shape index (κ3) is 3.59. The predicted molar refractivity (Wildman–Crippen MR) is 102 cm³/mol. The largest absolute Gasteiger partial charge is 0.369 e. The van der Waals surface area contributed by atoms with E-state index >= 15 is 0 Å². The number of aromatic nitrogens is 2. The molecule has 3 aromatic rings. The van der Waals surface area contributed by atoms with Crippen molar-refractivity contribution in [1.82, 2.24) is 14.7 Å². The van der Waals surface area contributed by atoms with E-state index in [4.69, 9.17) is 0 Å². The summed E-state index contributed by atoms with van der Waals surface area (Å²) in [6.07, 6.45) is 2.17. The van der Waals surface area contributed by atoms with Crippen LogP contribution in [0.15, 0.2) is 66.9 Å². The summed E-state index contributed by atoms with van der Waals surface area (Å²) in [5.74, 6) is 0. The summed E-state index contributed by atoms with van der Waals surface area (Å²) in [6, 6.07) is 21.0. The minimum absolute atomic E-state index is 0.974. The lowest BCUT2D eigenvalue weighted by Crippen LogP contribution is -2.46. The van der Waals surface area contributed by atoms with Gasteiger partial charge in [0.05, 0.1) is 11.4 Å². The van der Waals surface area contributed by atoms with E-state index in [2.05, 4.69) is 82.6 Å². The van der Waals surface area contributed by atoms with Crippen LogP contribution < -0.4 is 4.90 Å². The van der Waals surface area contributed by atoms with Gasteiger partial charge in [0.15, 0.2) is 0 Å². The Hall–Kier alpha value is -2.59. The first-order chi connectivity index (χ1) is 12.3. The third-order valence-corrected chi connectivity index (χ3v) is 4.91. The van der Waals surface area contributed by atoms with Gasteiger partial charge in [0.2, 0.25) is 0 Å². The Morgan fingerprint density at radius 3 is 2.04 bits per heavy atom. The number of benzene rings is 2. The molecule has 4 heteroatoms. The molecule has 0 bridgehead atoms.